The van der Waals surface area contributed by atoms with Gasteiger partial charge in [-0.3, -0.25) is 4.90 Å². The molecule has 0 aromatic heterocycles. The lowest BCUT2D eigenvalue weighted by atomic mass is 9.97. The van der Waals surface area contributed by atoms with Crippen molar-refractivity contribution in [3.63, 3.8) is 0 Å². The summed E-state index contributed by atoms with van der Waals surface area (Å²) in [6.07, 6.45) is 2.08. The number of piperidine rings is 1. The number of nitrogens with one attached hydrogen (secondary N) is 1. The summed E-state index contributed by atoms with van der Waals surface area (Å²) in [5, 5.41) is 5.00. The van der Waals surface area contributed by atoms with Gasteiger partial charge in [-0.2, -0.15) is 8.42 Å². The molecule has 1 saturated heterocycles. The molecule has 1 heterocycles. The van der Waals surface area contributed by atoms with E-state index in [0.29, 0.717) is 12.5 Å². The highest BCUT2D eigenvalue weighted by Gasteiger charge is 2.21. The van der Waals surface area contributed by atoms with Gasteiger partial charge in [0.2, 0.25) is 0 Å². The first-order valence-electron chi connectivity index (χ1n) is 7.50. The summed E-state index contributed by atoms with van der Waals surface area (Å²) in [5.74, 6) is 1.19. The Morgan fingerprint density at radius 1 is 1.45 bits per heavy atom. The normalized spacial score (nSPS) is 20.0. The number of nitrogens with two attached hydrogens (primary N) is 1. The van der Waals surface area contributed by atoms with Crippen LogP contribution in [0.25, 0.3) is 0 Å². The molecule has 1 aliphatic rings. The van der Waals surface area contributed by atoms with Crippen molar-refractivity contribution in [2.75, 3.05) is 26.7 Å². The van der Waals surface area contributed by atoms with Crippen molar-refractivity contribution >= 4 is 10.2 Å². The molecule has 22 heavy (non-hydrogen) atoms. The van der Waals surface area contributed by atoms with Crippen LogP contribution < -0.4 is 14.6 Å². The zero-order valence-electron chi connectivity index (χ0n) is 13.2. The number of ether oxygens (including phenoxy) is 1. The second-order valence-electron chi connectivity index (χ2n) is 5.95. The molecule has 6 nitrogen and oxygen atoms in total. The van der Waals surface area contributed by atoms with Gasteiger partial charge >= 0.3 is 0 Å². The minimum atomic E-state index is -3.60. The zero-order chi connectivity index (χ0) is 16.2. The van der Waals surface area contributed by atoms with E-state index in [9.17, 15) is 8.42 Å². The predicted molar refractivity (Wildman–Crippen MR) is 86.8 cm³/mol. The molecule has 0 saturated carbocycles. The standard InChI is InChI=1S/C15H25N3O3S/c1-12-5-6-15(21-2)14(8-12)11-18-7-3-4-13(10-18)9-17-22(16,19)20/h5-6,8,13,17H,3-4,7,9-11H2,1-2H3,(H2,16,19,20). The maximum absolute atomic E-state index is 11.0. The highest BCUT2D eigenvalue weighted by molar-refractivity contribution is 7.87. The van der Waals surface area contributed by atoms with Crippen LogP contribution in [0.15, 0.2) is 18.2 Å². The van der Waals surface area contributed by atoms with Crippen molar-refractivity contribution in [3.8, 4) is 5.75 Å². The number of likely N-dealkylation sites (tertiary alicyclic amines) is 1. The lowest BCUT2D eigenvalue weighted by Crippen LogP contribution is -2.42. The summed E-state index contributed by atoms with van der Waals surface area (Å²) in [5.41, 5.74) is 2.38. The minimum absolute atomic E-state index is 0.294. The molecule has 7 heteroatoms. The van der Waals surface area contributed by atoms with Crippen molar-refractivity contribution in [2.24, 2.45) is 11.1 Å². The number of rotatable bonds is 6. The quantitative estimate of drug-likeness (QED) is 0.816. The first-order valence-corrected chi connectivity index (χ1v) is 9.05. The molecule has 2 rings (SSSR count). The number of aryl methyl sites for hydroxylation is 1. The third kappa shape index (κ3) is 5.24. The number of methoxy groups -OCH3 is 1. The van der Waals surface area contributed by atoms with Gasteiger partial charge in [-0.15, -0.1) is 0 Å². The highest BCUT2D eigenvalue weighted by Crippen LogP contribution is 2.24. The molecule has 0 bridgehead atoms. The lowest BCUT2D eigenvalue weighted by molar-refractivity contribution is 0.167. The van der Waals surface area contributed by atoms with E-state index in [-0.39, 0.29) is 0 Å². The summed E-state index contributed by atoms with van der Waals surface area (Å²) in [6.45, 7) is 5.16. The van der Waals surface area contributed by atoms with Crippen LogP contribution in [-0.4, -0.2) is 40.1 Å². The van der Waals surface area contributed by atoms with E-state index in [2.05, 4.69) is 22.6 Å². The molecule has 1 aromatic carbocycles. The molecule has 1 unspecified atom stereocenters. The SMILES string of the molecule is COc1ccc(C)cc1CN1CCCC(CNS(N)(=O)=O)C1. The molecule has 1 atom stereocenters. The van der Waals surface area contributed by atoms with E-state index in [1.165, 1.54) is 11.1 Å². The van der Waals surface area contributed by atoms with Crippen molar-refractivity contribution in [1.29, 1.82) is 0 Å². The number of hydrogen-bond donors (Lipinski definition) is 2. The molecule has 1 fully saturated rings. The molecule has 0 spiro atoms. The summed E-state index contributed by atoms with van der Waals surface area (Å²) < 4.78 is 29.8. The maximum Gasteiger partial charge on any atom is 0.274 e. The van der Waals surface area contributed by atoms with Gasteiger partial charge in [-0.1, -0.05) is 17.7 Å². The highest BCUT2D eigenvalue weighted by atomic mass is 32.2. The van der Waals surface area contributed by atoms with Gasteiger partial charge in [-0.25, -0.2) is 9.86 Å². The topological polar surface area (TPSA) is 84.7 Å². The first-order chi connectivity index (χ1) is 10.4. The average Bonchev–Trinajstić information content (AvgIpc) is 2.45. The van der Waals surface area contributed by atoms with Crippen molar-refractivity contribution in [3.05, 3.63) is 29.3 Å². The fraction of sp³-hybridized carbons (Fsp3) is 0.600. The number of nitrogens with zero attached hydrogens (tertiary/aromatic N) is 1. The van der Waals surface area contributed by atoms with Crippen LogP contribution in [-0.2, 0) is 16.8 Å². The monoisotopic (exact) mass is 327 g/mol. The molecule has 0 amide bonds. The van der Waals surface area contributed by atoms with Crippen LogP contribution in [0.5, 0.6) is 5.75 Å². The fourth-order valence-electron chi connectivity index (χ4n) is 2.97. The summed E-state index contributed by atoms with van der Waals surface area (Å²) in [7, 11) is -1.92. The Hall–Kier alpha value is -1.15. The Bertz CT molecular complexity index is 604. The zero-order valence-corrected chi connectivity index (χ0v) is 14.0. The fourth-order valence-corrected chi connectivity index (χ4v) is 3.44. The Morgan fingerprint density at radius 2 is 2.23 bits per heavy atom. The Balaban J connectivity index is 1.97. The Kier molecular flexibility index (Phi) is 5.80. The van der Waals surface area contributed by atoms with E-state index in [1.54, 1.807) is 7.11 Å². The van der Waals surface area contributed by atoms with Crippen LogP contribution in [0.4, 0.5) is 0 Å². The molecule has 1 aliphatic heterocycles. The molecule has 124 valence electrons. The van der Waals surface area contributed by atoms with Gasteiger partial charge in [0, 0.05) is 25.2 Å². The van der Waals surface area contributed by atoms with Crippen LogP contribution in [0.2, 0.25) is 0 Å². The van der Waals surface area contributed by atoms with E-state index >= 15 is 0 Å². The number of hydrogen-bond acceptors (Lipinski definition) is 4. The first kappa shape index (κ1) is 17.2. The lowest BCUT2D eigenvalue weighted by Gasteiger charge is -2.33. The van der Waals surface area contributed by atoms with Gasteiger partial charge in [0.05, 0.1) is 7.11 Å². The van der Waals surface area contributed by atoms with Crippen LogP contribution >= 0.6 is 0 Å². The largest absolute Gasteiger partial charge is 0.496 e. The van der Waals surface area contributed by atoms with E-state index < -0.39 is 10.2 Å². The molecule has 3 N–H and O–H groups in total. The summed E-state index contributed by atoms with van der Waals surface area (Å²) in [6, 6.07) is 6.18. The van der Waals surface area contributed by atoms with E-state index in [0.717, 1.165) is 38.2 Å². The van der Waals surface area contributed by atoms with Gasteiger partial charge in [0.25, 0.3) is 10.2 Å². The smallest absolute Gasteiger partial charge is 0.274 e. The third-order valence-electron chi connectivity index (χ3n) is 4.01. The molecule has 0 radical (unpaired) electrons. The van der Waals surface area contributed by atoms with Crippen molar-refractivity contribution in [1.82, 2.24) is 9.62 Å². The molecule has 1 aromatic rings. The van der Waals surface area contributed by atoms with Crippen molar-refractivity contribution < 1.29 is 13.2 Å². The second kappa shape index (κ2) is 7.41. The second-order valence-corrected chi connectivity index (χ2v) is 7.33. The van der Waals surface area contributed by atoms with Crippen molar-refractivity contribution in [2.45, 2.75) is 26.3 Å². The van der Waals surface area contributed by atoms with E-state index in [1.807, 2.05) is 12.1 Å². The molecule has 0 aliphatic carbocycles. The maximum atomic E-state index is 11.0. The van der Waals surface area contributed by atoms with Gasteiger partial charge in [-0.05, 0) is 38.3 Å². The Labute approximate surface area is 132 Å². The van der Waals surface area contributed by atoms with Gasteiger partial charge in [0.15, 0.2) is 0 Å². The predicted octanol–water partition coefficient (Wildman–Crippen LogP) is 1.01. The van der Waals surface area contributed by atoms with Gasteiger partial charge in [0.1, 0.15) is 5.75 Å². The average molecular weight is 327 g/mol. The summed E-state index contributed by atoms with van der Waals surface area (Å²) in [4.78, 5) is 2.34. The van der Waals surface area contributed by atoms with E-state index in [4.69, 9.17) is 9.88 Å². The third-order valence-corrected chi connectivity index (χ3v) is 4.58. The Morgan fingerprint density at radius 3 is 2.91 bits per heavy atom. The molecular weight excluding hydrogens is 302 g/mol. The van der Waals surface area contributed by atoms with Gasteiger partial charge < -0.3 is 4.74 Å². The number of benzene rings is 1. The van der Waals surface area contributed by atoms with Crippen LogP contribution in [0, 0.1) is 12.8 Å². The van der Waals surface area contributed by atoms with Crippen LogP contribution in [0.1, 0.15) is 24.0 Å². The molecular formula is C15H25N3O3S. The van der Waals surface area contributed by atoms with Crippen LogP contribution in [0.3, 0.4) is 0 Å². The summed E-state index contributed by atoms with van der Waals surface area (Å²) >= 11 is 0. The minimum Gasteiger partial charge on any atom is -0.496 e.